The van der Waals surface area contributed by atoms with Gasteiger partial charge < -0.3 is 10.1 Å². The summed E-state index contributed by atoms with van der Waals surface area (Å²) in [7, 11) is 1.27. The van der Waals surface area contributed by atoms with Gasteiger partial charge in [0.05, 0.1) is 7.11 Å². The average molecular weight is 203 g/mol. The molecule has 0 radical (unpaired) electrons. The number of nitrogens with one attached hydrogen (secondary N) is 3. The van der Waals surface area contributed by atoms with Gasteiger partial charge in [-0.15, -0.1) is 0 Å². The van der Waals surface area contributed by atoms with E-state index in [4.69, 9.17) is 12.2 Å². The summed E-state index contributed by atoms with van der Waals surface area (Å²) in [6.45, 7) is 6.11. The monoisotopic (exact) mass is 203 g/mol. The lowest BCUT2D eigenvalue weighted by molar-refractivity contribution is 0.168. The van der Waals surface area contributed by atoms with Gasteiger partial charge in [-0.1, -0.05) is 12.2 Å². The number of carbonyl (C=O) groups is 1. The molecule has 0 saturated heterocycles. The Morgan fingerprint density at radius 3 is 2.62 bits per heavy atom. The van der Waals surface area contributed by atoms with Gasteiger partial charge in [-0.25, -0.2) is 10.2 Å². The number of hydrogen-bond donors (Lipinski definition) is 3. The van der Waals surface area contributed by atoms with Crippen molar-refractivity contribution in [2.45, 2.75) is 6.92 Å². The third-order valence-electron chi connectivity index (χ3n) is 1.01. The van der Waals surface area contributed by atoms with Gasteiger partial charge in [-0.2, -0.15) is 0 Å². The number of amides is 1. The molecule has 0 aliphatic heterocycles. The van der Waals surface area contributed by atoms with Crippen LogP contribution in [0.5, 0.6) is 0 Å². The smallest absolute Gasteiger partial charge is 0.425 e. The molecule has 0 rings (SSSR count). The average Bonchev–Trinajstić information content (AvgIpc) is 2.10. The number of ether oxygens (including phenoxy) is 1. The predicted molar refractivity (Wildman–Crippen MR) is 54.1 cm³/mol. The molecule has 0 spiro atoms. The van der Waals surface area contributed by atoms with E-state index in [-0.39, 0.29) is 0 Å². The summed E-state index contributed by atoms with van der Waals surface area (Å²) < 4.78 is 4.31. The summed E-state index contributed by atoms with van der Waals surface area (Å²) in [6.07, 6.45) is -0.598. The van der Waals surface area contributed by atoms with Gasteiger partial charge in [-0.05, 0) is 19.1 Å². The van der Waals surface area contributed by atoms with Crippen molar-refractivity contribution in [1.82, 2.24) is 16.2 Å². The zero-order chi connectivity index (χ0) is 10.3. The second kappa shape index (κ2) is 6.24. The van der Waals surface area contributed by atoms with Crippen LogP contribution in [-0.2, 0) is 4.74 Å². The molecule has 0 aromatic carbocycles. The molecule has 74 valence electrons. The molecule has 6 heteroatoms. The third kappa shape index (κ3) is 7.07. The number of hydrogen-bond acceptors (Lipinski definition) is 3. The van der Waals surface area contributed by atoms with Crippen LogP contribution in [0, 0.1) is 0 Å². The van der Waals surface area contributed by atoms with Gasteiger partial charge in [0.25, 0.3) is 0 Å². The topological polar surface area (TPSA) is 62.4 Å². The van der Waals surface area contributed by atoms with E-state index >= 15 is 0 Å². The molecule has 0 saturated carbocycles. The first-order chi connectivity index (χ1) is 6.06. The van der Waals surface area contributed by atoms with Crippen molar-refractivity contribution in [3.8, 4) is 0 Å². The molecule has 0 aromatic rings. The molecule has 3 N–H and O–H groups in total. The first-order valence-electron chi connectivity index (χ1n) is 3.58. The van der Waals surface area contributed by atoms with Crippen LogP contribution in [0.15, 0.2) is 12.2 Å². The molecule has 0 aliphatic rings. The van der Waals surface area contributed by atoms with E-state index in [1.165, 1.54) is 7.11 Å². The quantitative estimate of drug-likeness (QED) is 0.342. The molecule has 0 aromatic heterocycles. The highest BCUT2D eigenvalue weighted by atomic mass is 32.1. The minimum atomic E-state index is -0.598. The Balaban J connectivity index is 3.52. The van der Waals surface area contributed by atoms with E-state index in [0.717, 1.165) is 5.57 Å². The zero-order valence-corrected chi connectivity index (χ0v) is 8.46. The Morgan fingerprint density at radius 1 is 1.54 bits per heavy atom. The Bertz CT molecular complexity index is 218. The highest BCUT2D eigenvalue weighted by molar-refractivity contribution is 7.80. The van der Waals surface area contributed by atoms with Crippen molar-refractivity contribution in [2.24, 2.45) is 0 Å². The Hall–Kier alpha value is -1.30. The minimum absolute atomic E-state index is 0.313. The highest BCUT2D eigenvalue weighted by Gasteiger charge is 1.98. The molecule has 0 bridgehead atoms. The van der Waals surface area contributed by atoms with E-state index in [9.17, 15) is 4.79 Å². The van der Waals surface area contributed by atoms with Crippen molar-refractivity contribution >= 4 is 23.4 Å². The summed E-state index contributed by atoms with van der Waals surface area (Å²) in [5.41, 5.74) is 5.60. The molecule has 1 amide bonds. The summed E-state index contributed by atoms with van der Waals surface area (Å²) in [5, 5.41) is 3.13. The lowest BCUT2D eigenvalue weighted by atomic mass is 10.4. The molecule has 0 atom stereocenters. The van der Waals surface area contributed by atoms with Crippen molar-refractivity contribution < 1.29 is 9.53 Å². The number of hydrazine groups is 1. The standard InChI is InChI=1S/C7H13N3O2S/c1-5(2)4-8-6(13)9-10-7(11)12-3/h1,4H2,2-3H3,(H,10,11)(H2,8,9,13). The van der Waals surface area contributed by atoms with Gasteiger partial charge in [0.15, 0.2) is 5.11 Å². The predicted octanol–water partition coefficient (Wildman–Crippen LogP) is 0.298. The van der Waals surface area contributed by atoms with Gasteiger partial charge in [-0.3, -0.25) is 5.43 Å². The van der Waals surface area contributed by atoms with E-state index in [0.29, 0.717) is 11.7 Å². The van der Waals surface area contributed by atoms with Crippen LogP contribution in [0.4, 0.5) is 4.79 Å². The first-order valence-corrected chi connectivity index (χ1v) is 3.99. The first kappa shape index (κ1) is 11.7. The van der Waals surface area contributed by atoms with Crippen LogP contribution >= 0.6 is 12.2 Å². The second-order valence-corrected chi connectivity index (χ2v) is 2.79. The third-order valence-corrected chi connectivity index (χ3v) is 1.26. The fraction of sp³-hybridized carbons (Fsp3) is 0.429. The fourth-order valence-corrected chi connectivity index (χ4v) is 0.557. The normalized spacial score (nSPS) is 8.46. The molecule has 13 heavy (non-hydrogen) atoms. The molecule has 0 unspecified atom stereocenters. The molecule has 0 aliphatic carbocycles. The summed E-state index contributed by atoms with van der Waals surface area (Å²) in [5.74, 6) is 0. The van der Waals surface area contributed by atoms with Crippen LogP contribution in [0.3, 0.4) is 0 Å². The number of methoxy groups -OCH3 is 1. The largest absolute Gasteiger partial charge is 0.452 e. The lowest BCUT2D eigenvalue weighted by Crippen LogP contribution is -2.46. The van der Waals surface area contributed by atoms with Crippen molar-refractivity contribution in [3.63, 3.8) is 0 Å². The van der Waals surface area contributed by atoms with Gasteiger partial charge in [0.2, 0.25) is 0 Å². The fourth-order valence-electron chi connectivity index (χ4n) is 0.434. The van der Waals surface area contributed by atoms with Crippen LogP contribution in [0.2, 0.25) is 0 Å². The van der Waals surface area contributed by atoms with E-state index in [1.54, 1.807) is 0 Å². The van der Waals surface area contributed by atoms with Crippen LogP contribution in [0.1, 0.15) is 6.92 Å². The Labute approximate surface area is 82.5 Å². The minimum Gasteiger partial charge on any atom is -0.452 e. The summed E-state index contributed by atoms with van der Waals surface area (Å²) >= 11 is 4.81. The lowest BCUT2D eigenvalue weighted by Gasteiger charge is -2.10. The van der Waals surface area contributed by atoms with Crippen LogP contribution in [0.25, 0.3) is 0 Å². The number of rotatable bonds is 2. The Morgan fingerprint density at radius 2 is 2.15 bits per heavy atom. The van der Waals surface area contributed by atoms with Crippen molar-refractivity contribution in [2.75, 3.05) is 13.7 Å². The second-order valence-electron chi connectivity index (χ2n) is 2.38. The highest BCUT2D eigenvalue weighted by Crippen LogP contribution is 1.80. The van der Waals surface area contributed by atoms with Crippen LogP contribution < -0.4 is 16.2 Å². The van der Waals surface area contributed by atoms with Gasteiger partial charge >= 0.3 is 6.09 Å². The SMILES string of the molecule is C=C(C)CNC(=S)NNC(=O)OC. The maximum atomic E-state index is 10.6. The Kier molecular flexibility index (Phi) is 5.62. The molecule has 5 nitrogen and oxygen atoms in total. The molecular formula is C7H13N3O2S. The maximum Gasteiger partial charge on any atom is 0.425 e. The molecule has 0 fully saturated rings. The molecular weight excluding hydrogens is 190 g/mol. The van der Waals surface area contributed by atoms with Crippen molar-refractivity contribution in [1.29, 1.82) is 0 Å². The van der Waals surface area contributed by atoms with E-state index in [2.05, 4.69) is 27.5 Å². The van der Waals surface area contributed by atoms with Crippen LogP contribution in [-0.4, -0.2) is 24.9 Å². The summed E-state index contributed by atoms with van der Waals surface area (Å²) in [6, 6.07) is 0. The summed E-state index contributed by atoms with van der Waals surface area (Å²) in [4.78, 5) is 10.6. The number of carbonyl (C=O) groups excluding carboxylic acids is 1. The maximum absolute atomic E-state index is 10.6. The van der Waals surface area contributed by atoms with E-state index in [1.807, 2.05) is 6.92 Å². The van der Waals surface area contributed by atoms with Gasteiger partial charge in [0.1, 0.15) is 0 Å². The number of thiocarbonyl (C=S) groups is 1. The van der Waals surface area contributed by atoms with Crippen molar-refractivity contribution in [3.05, 3.63) is 12.2 Å². The van der Waals surface area contributed by atoms with E-state index < -0.39 is 6.09 Å². The zero-order valence-electron chi connectivity index (χ0n) is 7.64. The molecule has 0 heterocycles. The van der Waals surface area contributed by atoms with Gasteiger partial charge in [0, 0.05) is 6.54 Å².